The van der Waals surface area contributed by atoms with Gasteiger partial charge in [-0.25, -0.2) is 4.98 Å². The Bertz CT molecular complexity index is 225. The van der Waals surface area contributed by atoms with Crippen LogP contribution in [0.2, 0.25) is 0 Å². The quantitative estimate of drug-likeness (QED) is 0.630. The molecular formula is C7H13N3. The van der Waals surface area contributed by atoms with Crippen molar-refractivity contribution in [3.05, 3.63) is 17.7 Å². The first-order chi connectivity index (χ1) is 4.61. The third kappa shape index (κ3) is 1.19. The number of rotatable bonds is 1. The SMILES string of the molecule is Cc1cn(C(C)N)c(C)n1. The smallest absolute Gasteiger partial charge is 0.107 e. The lowest BCUT2D eigenvalue weighted by Crippen LogP contribution is -2.14. The molecule has 1 rings (SSSR count). The van der Waals surface area contributed by atoms with Gasteiger partial charge in [0.2, 0.25) is 0 Å². The molecule has 2 N–H and O–H groups in total. The van der Waals surface area contributed by atoms with Crippen LogP contribution in [0.25, 0.3) is 0 Å². The molecule has 0 aliphatic heterocycles. The van der Waals surface area contributed by atoms with Crippen LogP contribution >= 0.6 is 0 Å². The molecule has 0 bridgehead atoms. The van der Waals surface area contributed by atoms with E-state index < -0.39 is 0 Å². The van der Waals surface area contributed by atoms with E-state index in [1.54, 1.807) is 0 Å². The molecule has 0 saturated heterocycles. The van der Waals surface area contributed by atoms with E-state index in [1.165, 1.54) is 0 Å². The molecule has 1 atom stereocenters. The summed E-state index contributed by atoms with van der Waals surface area (Å²) in [5, 5.41) is 0. The summed E-state index contributed by atoms with van der Waals surface area (Å²) < 4.78 is 1.95. The van der Waals surface area contributed by atoms with Crippen molar-refractivity contribution in [3.63, 3.8) is 0 Å². The van der Waals surface area contributed by atoms with Gasteiger partial charge in [0.05, 0.1) is 11.9 Å². The molecule has 10 heavy (non-hydrogen) atoms. The molecule has 1 unspecified atom stereocenters. The van der Waals surface area contributed by atoms with Crippen LogP contribution in [0.1, 0.15) is 24.6 Å². The van der Waals surface area contributed by atoms with Gasteiger partial charge in [0.1, 0.15) is 5.82 Å². The second-order valence-electron chi connectivity index (χ2n) is 2.58. The highest BCUT2D eigenvalue weighted by Gasteiger charge is 2.02. The van der Waals surface area contributed by atoms with Crippen molar-refractivity contribution in [2.75, 3.05) is 0 Å². The zero-order valence-electron chi connectivity index (χ0n) is 6.63. The minimum Gasteiger partial charge on any atom is -0.319 e. The lowest BCUT2D eigenvalue weighted by Gasteiger charge is -2.07. The van der Waals surface area contributed by atoms with E-state index in [-0.39, 0.29) is 6.17 Å². The van der Waals surface area contributed by atoms with E-state index in [9.17, 15) is 0 Å². The Morgan fingerprint density at radius 3 is 2.40 bits per heavy atom. The zero-order valence-corrected chi connectivity index (χ0v) is 6.63. The molecule has 1 aromatic rings. The van der Waals surface area contributed by atoms with Gasteiger partial charge < -0.3 is 10.3 Å². The van der Waals surface area contributed by atoms with E-state index in [2.05, 4.69) is 4.98 Å². The number of hydrogen-bond acceptors (Lipinski definition) is 2. The second kappa shape index (κ2) is 2.42. The summed E-state index contributed by atoms with van der Waals surface area (Å²) in [4.78, 5) is 4.22. The maximum atomic E-state index is 5.65. The predicted molar refractivity (Wildman–Crippen MR) is 40.6 cm³/mol. The normalized spacial score (nSPS) is 13.6. The van der Waals surface area contributed by atoms with E-state index in [4.69, 9.17) is 5.73 Å². The van der Waals surface area contributed by atoms with Gasteiger partial charge in [-0.05, 0) is 20.8 Å². The van der Waals surface area contributed by atoms with Crippen molar-refractivity contribution < 1.29 is 0 Å². The number of nitrogens with zero attached hydrogens (tertiary/aromatic N) is 2. The van der Waals surface area contributed by atoms with Gasteiger partial charge in [0, 0.05) is 6.20 Å². The molecule has 0 amide bonds. The molecule has 3 nitrogen and oxygen atoms in total. The molecule has 1 aromatic heterocycles. The van der Waals surface area contributed by atoms with Gasteiger partial charge in [0.25, 0.3) is 0 Å². The summed E-state index contributed by atoms with van der Waals surface area (Å²) in [6.45, 7) is 5.86. The molecule has 0 aliphatic rings. The topological polar surface area (TPSA) is 43.8 Å². The van der Waals surface area contributed by atoms with Crippen LogP contribution in [-0.4, -0.2) is 9.55 Å². The van der Waals surface area contributed by atoms with Gasteiger partial charge in [-0.1, -0.05) is 0 Å². The number of aryl methyl sites for hydroxylation is 2. The van der Waals surface area contributed by atoms with Crippen molar-refractivity contribution in [2.24, 2.45) is 5.73 Å². The average molecular weight is 139 g/mol. The Hall–Kier alpha value is -0.830. The van der Waals surface area contributed by atoms with E-state index in [1.807, 2.05) is 31.5 Å². The maximum absolute atomic E-state index is 5.65. The lowest BCUT2D eigenvalue weighted by molar-refractivity contribution is 0.556. The van der Waals surface area contributed by atoms with Crippen molar-refractivity contribution in [2.45, 2.75) is 26.9 Å². The van der Waals surface area contributed by atoms with Crippen LogP contribution in [0.4, 0.5) is 0 Å². The highest BCUT2D eigenvalue weighted by atomic mass is 15.1. The fourth-order valence-electron chi connectivity index (χ4n) is 1.05. The third-order valence-corrected chi connectivity index (χ3v) is 1.48. The summed E-state index contributed by atoms with van der Waals surface area (Å²) in [7, 11) is 0. The van der Waals surface area contributed by atoms with Gasteiger partial charge in [-0.15, -0.1) is 0 Å². The molecule has 0 saturated carbocycles. The Kier molecular flexibility index (Phi) is 1.76. The van der Waals surface area contributed by atoms with Crippen molar-refractivity contribution >= 4 is 0 Å². The van der Waals surface area contributed by atoms with Crippen molar-refractivity contribution in [1.82, 2.24) is 9.55 Å². The van der Waals surface area contributed by atoms with Crippen LogP contribution in [0.15, 0.2) is 6.20 Å². The van der Waals surface area contributed by atoms with Crippen molar-refractivity contribution in [1.29, 1.82) is 0 Å². The minimum absolute atomic E-state index is 0.0289. The Balaban J connectivity index is 3.03. The highest BCUT2D eigenvalue weighted by Crippen LogP contribution is 2.04. The Labute approximate surface area is 60.9 Å². The minimum atomic E-state index is 0.0289. The Morgan fingerprint density at radius 2 is 2.20 bits per heavy atom. The van der Waals surface area contributed by atoms with Crippen molar-refractivity contribution in [3.8, 4) is 0 Å². The van der Waals surface area contributed by atoms with E-state index in [0.29, 0.717) is 0 Å². The Morgan fingerprint density at radius 1 is 1.60 bits per heavy atom. The average Bonchev–Trinajstić information content (AvgIpc) is 2.10. The molecule has 1 heterocycles. The van der Waals surface area contributed by atoms with Crippen LogP contribution < -0.4 is 5.73 Å². The molecule has 0 aliphatic carbocycles. The zero-order chi connectivity index (χ0) is 7.72. The first-order valence-corrected chi connectivity index (χ1v) is 3.39. The summed E-state index contributed by atoms with van der Waals surface area (Å²) >= 11 is 0. The number of imidazole rings is 1. The molecule has 3 heteroatoms. The summed E-state index contributed by atoms with van der Waals surface area (Å²) in [5.41, 5.74) is 6.67. The summed E-state index contributed by atoms with van der Waals surface area (Å²) in [6, 6.07) is 0. The van der Waals surface area contributed by atoms with Crippen LogP contribution in [0, 0.1) is 13.8 Å². The molecule has 0 radical (unpaired) electrons. The van der Waals surface area contributed by atoms with Crippen LogP contribution in [0.3, 0.4) is 0 Å². The summed E-state index contributed by atoms with van der Waals surface area (Å²) in [5.74, 6) is 0.979. The van der Waals surface area contributed by atoms with E-state index >= 15 is 0 Å². The summed E-state index contributed by atoms with van der Waals surface area (Å²) in [6.07, 6.45) is 1.99. The van der Waals surface area contributed by atoms with Crippen LogP contribution in [0.5, 0.6) is 0 Å². The first-order valence-electron chi connectivity index (χ1n) is 3.39. The van der Waals surface area contributed by atoms with Gasteiger partial charge in [-0.3, -0.25) is 0 Å². The molecular weight excluding hydrogens is 126 g/mol. The number of hydrogen-bond donors (Lipinski definition) is 1. The standard InChI is InChI=1S/C7H13N3/c1-5-4-10(6(2)8)7(3)9-5/h4,6H,8H2,1-3H3. The fourth-order valence-corrected chi connectivity index (χ4v) is 1.05. The molecule has 0 fully saturated rings. The molecule has 56 valence electrons. The third-order valence-electron chi connectivity index (χ3n) is 1.48. The predicted octanol–water partition coefficient (Wildman–Crippen LogP) is 0.977. The fraction of sp³-hybridized carbons (Fsp3) is 0.571. The highest BCUT2D eigenvalue weighted by molar-refractivity contribution is 5.01. The van der Waals surface area contributed by atoms with Gasteiger partial charge in [-0.2, -0.15) is 0 Å². The van der Waals surface area contributed by atoms with Gasteiger partial charge >= 0.3 is 0 Å². The monoisotopic (exact) mass is 139 g/mol. The number of aromatic nitrogens is 2. The number of nitrogens with two attached hydrogens (primary N) is 1. The first kappa shape index (κ1) is 7.28. The second-order valence-corrected chi connectivity index (χ2v) is 2.58. The lowest BCUT2D eigenvalue weighted by atomic mass is 10.5. The molecule has 0 spiro atoms. The molecule has 0 aromatic carbocycles. The van der Waals surface area contributed by atoms with Crippen LogP contribution in [-0.2, 0) is 0 Å². The largest absolute Gasteiger partial charge is 0.319 e. The maximum Gasteiger partial charge on any atom is 0.107 e. The van der Waals surface area contributed by atoms with E-state index in [0.717, 1.165) is 11.5 Å². The van der Waals surface area contributed by atoms with Gasteiger partial charge in [0.15, 0.2) is 0 Å².